The van der Waals surface area contributed by atoms with Crippen LogP contribution in [-0.4, -0.2) is 37.2 Å². The fraction of sp³-hybridized carbons (Fsp3) is 0.729. The molecule has 436 valence electrons. The van der Waals surface area contributed by atoms with Crippen molar-refractivity contribution in [1.82, 2.24) is 0 Å². The fourth-order valence-electron chi connectivity index (χ4n) is 9.12. The molecule has 0 fully saturated rings. The van der Waals surface area contributed by atoms with Crippen LogP contribution >= 0.6 is 0 Å². The van der Waals surface area contributed by atoms with Crippen LogP contribution in [0.15, 0.2) is 97.2 Å². The van der Waals surface area contributed by atoms with Gasteiger partial charge in [-0.15, -0.1) is 0 Å². The number of hydrogen-bond donors (Lipinski definition) is 0. The van der Waals surface area contributed by atoms with Crippen molar-refractivity contribution < 1.29 is 28.6 Å². The van der Waals surface area contributed by atoms with Gasteiger partial charge in [0.2, 0.25) is 0 Å². The molecule has 0 spiro atoms. The number of esters is 3. The molecule has 0 aromatic rings. The molecule has 0 aromatic heterocycles. The van der Waals surface area contributed by atoms with Gasteiger partial charge in [0.1, 0.15) is 13.2 Å². The van der Waals surface area contributed by atoms with Gasteiger partial charge in [-0.05, 0) is 70.6 Å². The molecule has 0 aliphatic carbocycles. The lowest BCUT2D eigenvalue weighted by Crippen LogP contribution is -2.30. The van der Waals surface area contributed by atoms with Gasteiger partial charge in [0.15, 0.2) is 6.10 Å². The van der Waals surface area contributed by atoms with E-state index in [-0.39, 0.29) is 38.0 Å². The highest BCUT2D eigenvalue weighted by molar-refractivity contribution is 5.71. The SMILES string of the molecule is CC/C=C\C/C=C\C/C=C\C/C=C\CCC(=O)OCC(COC(=O)CCCCCCCCCCCCCCCCCCCCCCCCCCCCCCCCCC)OC(=O)CC/C=C\C/C=C\C/C=C\C/C=C\CC. The minimum Gasteiger partial charge on any atom is -0.462 e. The van der Waals surface area contributed by atoms with Crippen LogP contribution in [-0.2, 0) is 28.6 Å². The van der Waals surface area contributed by atoms with Crippen molar-refractivity contribution in [2.45, 2.75) is 316 Å². The first-order valence-electron chi connectivity index (χ1n) is 32.2. The molecule has 6 nitrogen and oxygen atoms in total. The van der Waals surface area contributed by atoms with E-state index in [9.17, 15) is 14.4 Å². The van der Waals surface area contributed by atoms with Gasteiger partial charge in [0.25, 0.3) is 0 Å². The number of hydrogen-bond acceptors (Lipinski definition) is 6. The Morgan fingerprint density at radius 1 is 0.276 bits per heavy atom. The highest BCUT2D eigenvalue weighted by atomic mass is 16.6. The molecule has 0 rings (SSSR count). The summed E-state index contributed by atoms with van der Waals surface area (Å²) in [4.78, 5) is 38.1. The fourth-order valence-corrected chi connectivity index (χ4v) is 9.12. The summed E-state index contributed by atoms with van der Waals surface area (Å²) in [5.41, 5.74) is 0. The van der Waals surface area contributed by atoms with Crippen LogP contribution in [0.5, 0.6) is 0 Å². The molecule has 1 atom stereocenters. The van der Waals surface area contributed by atoms with Gasteiger partial charge >= 0.3 is 17.9 Å². The maximum atomic E-state index is 12.8. The first-order chi connectivity index (χ1) is 37.5. The largest absolute Gasteiger partial charge is 0.462 e. The highest BCUT2D eigenvalue weighted by Gasteiger charge is 2.19. The molecule has 0 aliphatic rings. The minimum atomic E-state index is -0.844. The summed E-state index contributed by atoms with van der Waals surface area (Å²) >= 11 is 0. The smallest absolute Gasteiger partial charge is 0.306 e. The van der Waals surface area contributed by atoms with Crippen molar-refractivity contribution in [2.75, 3.05) is 13.2 Å². The summed E-state index contributed by atoms with van der Waals surface area (Å²) in [6.07, 6.45) is 86.3. The van der Waals surface area contributed by atoms with Crippen LogP contribution in [0.3, 0.4) is 0 Å². The van der Waals surface area contributed by atoms with Crippen LogP contribution in [0.25, 0.3) is 0 Å². The second-order valence-electron chi connectivity index (χ2n) is 21.3. The molecular weight excluding hydrogens is 937 g/mol. The molecule has 0 amide bonds. The maximum absolute atomic E-state index is 12.8. The summed E-state index contributed by atoms with van der Waals surface area (Å²) in [5.74, 6) is -1.09. The zero-order valence-corrected chi connectivity index (χ0v) is 50.0. The molecule has 0 saturated heterocycles. The standard InChI is InChI=1S/C70H120O6/c1-4-7-10-13-16-19-22-25-26-27-28-29-30-31-32-33-34-35-36-37-38-39-40-41-42-43-46-48-51-54-57-60-63-69(72)75-66-67(76-70(73)64-61-58-55-52-49-45-24-21-18-15-12-9-6-3)65-74-68(71)62-59-56-53-50-47-44-23-20-17-14-11-8-5-2/h8-9,11-12,17-18,20-21,44-45,47,49,53,55-56,58,67H,4-7,10,13-16,19,22-43,46,48,50-52,54,57,59-66H2,1-3H3/b11-8-,12-9-,20-17-,21-18-,47-44-,49-45-,56-53-,58-55-. The second kappa shape index (κ2) is 63.9. The molecule has 76 heavy (non-hydrogen) atoms. The van der Waals surface area contributed by atoms with Crippen LogP contribution in [0, 0.1) is 0 Å². The van der Waals surface area contributed by atoms with Crippen molar-refractivity contribution in [3.63, 3.8) is 0 Å². The Morgan fingerprint density at radius 3 is 0.803 bits per heavy atom. The van der Waals surface area contributed by atoms with Gasteiger partial charge in [-0.1, -0.05) is 317 Å². The van der Waals surface area contributed by atoms with E-state index in [0.29, 0.717) is 19.3 Å². The Hall–Kier alpha value is -3.67. The van der Waals surface area contributed by atoms with Gasteiger partial charge < -0.3 is 14.2 Å². The van der Waals surface area contributed by atoms with E-state index < -0.39 is 12.1 Å². The van der Waals surface area contributed by atoms with E-state index in [4.69, 9.17) is 14.2 Å². The summed E-state index contributed by atoms with van der Waals surface area (Å²) in [6, 6.07) is 0. The number of carbonyl (C=O) groups excluding carboxylic acids is 3. The lowest BCUT2D eigenvalue weighted by atomic mass is 10.0. The number of ether oxygens (including phenoxy) is 3. The van der Waals surface area contributed by atoms with Crippen LogP contribution < -0.4 is 0 Å². The number of carbonyl (C=O) groups is 3. The van der Waals surface area contributed by atoms with Crippen molar-refractivity contribution in [3.8, 4) is 0 Å². The quantitative estimate of drug-likeness (QED) is 0.0261. The average molecular weight is 1060 g/mol. The Balaban J connectivity index is 4.16. The summed E-state index contributed by atoms with van der Waals surface area (Å²) in [5, 5.41) is 0. The molecule has 1 unspecified atom stereocenters. The zero-order chi connectivity index (χ0) is 55.0. The third-order valence-corrected chi connectivity index (χ3v) is 13.9. The second-order valence-corrected chi connectivity index (χ2v) is 21.3. The summed E-state index contributed by atoms with van der Waals surface area (Å²) in [6.45, 7) is 6.30. The Kier molecular flexibility index (Phi) is 60.8. The van der Waals surface area contributed by atoms with Gasteiger partial charge in [-0.2, -0.15) is 0 Å². The highest BCUT2D eigenvalue weighted by Crippen LogP contribution is 2.18. The number of allylic oxidation sites excluding steroid dienone is 16. The topological polar surface area (TPSA) is 78.9 Å². The Bertz CT molecular complexity index is 1490. The lowest BCUT2D eigenvalue weighted by molar-refractivity contribution is -0.166. The third-order valence-electron chi connectivity index (χ3n) is 13.9. The predicted octanol–water partition coefficient (Wildman–Crippen LogP) is 22.0. The first-order valence-corrected chi connectivity index (χ1v) is 32.2. The minimum absolute atomic E-state index is 0.127. The summed E-state index contributed by atoms with van der Waals surface area (Å²) in [7, 11) is 0. The van der Waals surface area contributed by atoms with E-state index in [1.807, 2.05) is 24.3 Å². The van der Waals surface area contributed by atoms with Crippen molar-refractivity contribution in [2.24, 2.45) is 0 Å². The van der Waals surface area contributed by atoms with Gasteiger partial charge in [-0.25, -0.2) is 0 Å². The molecule has 0 heterocycles. The van der Waals surface area contributed by atoms with E-state index in [1.165, 1.54) is 186 Å². The van der Waals surface area contributed by atoms with Crippen molar-refractivity contribution in [1.29, 1.82) is 0 Å². The van der Waals surface area contributed by atoms with Gasteiger partial charge in [0, 0.05) is 19.3 Å². The zero-order valence-electron chi connectivity index (χ0n) is 50.0. The maximum Gasteiger partial charge on any atom is 0.306 e. The molecule has 0 N–H and O–H groups in total. The molecular formula is C70H120O6. The van der Waals surface area contributed by atoms with E-state index in [0.717, 1.165) is 70.6 Å². The average Bonchev–Trinajstić information content (AvgIpc) is 3.42. The van der Waals surface area contributed by atoms with Crippen LogP contribution in [0.2, 0.25) is 0 Å². The molecule has 0 aliphatic heterocycles. The molecule has 0 bridgehead atoms. The number of rotatable bonds is 58. The van der Waals surface area contributed by atoms with Crippen molar-refractivity contribution in [3.05, 3.63) is 97.2 Å². The van der Waals surface area contributed by atoms with Crippen LogP contribution in [0.1, 0.15) is 310 Å². The van der Waals surface area contributed by atoms with Gasteiger partial charge in [0.05, 0.1) is 0 Å². The third kappa shape index (κ3) is 61.2. The van der Waals surface area contributed by atoms with Crippen LogP contribution in [0.4, 0.5) is 0 Å². The van der Waals surface area contributed by atoms with E-state index >= 15 is 0 Å². The lowest BCUT2D eigenvalue weighted by Gasteiger charge is -2.18. The van der Waals surface area contributed by atoms with E-state index in [2.05, 4.69) is 93.7 Å². The normalized spacial score (nSPS) is 12.7. The Labute approximate surface area is 470 Å². The Morgan fingerprint density at radius 2 is 0.513 bits per heavy atom. The molecule has 0 aromatic carbocycles. The predicted molar refractivity (Wildman–Crippen MR) is 330 cm³/mol. The molecule has 6 heteroatoms. The molecule has 0 radical (unpaired) electrons. The van der Waals surface area contributed by atoms with Crippen molar-refractivity contribution >= 4 is 17.9 Å². The first kappa shape index (κ1) is 72.3. The van der Waals surface area contributed by atoms with E-state index in [1.54, 1.807) is 0 Å². The number of unbranched alkanes of at least 4 members (excludes halogenated alkanes) is 31. The summed E-state index contributed by atoms with van der Waals surface area (Å²) < 4.78 is 16.7. The van der Waals surface area contributed by atoms with Gasteiger partial charge in [-0.3, -0.25) is 14.4 Å². The monoisotopic (exact) mass is 1060 g/mol. The molecule has 0 saturated carbocycles.